The summed E-state index contributed by atoms with van der Waals surface area (Å²) < 4.78 is 33.8. The lowest BCUT2D eigenvalue weighted by Crippen LogP contribution is -2.39. The van der Waals surface area contributed by atoms with Crippen LogP contribution in [0.4, 0.5) is 5.69 Å². The molecule has 1 N–H and O–H groups in total. The average molecular weight is 537 g/mol. The summed E-state index contributed by atoms with van der Waals surface area (Å²) in [5.74, 6) is -0.460. The zero-order valence-corrected chi connectivity index (χ0v) is 20.1. The lowest BCUT2D eigenvalue weighted by atomic mass is 10.2. The molecule has 0 unspecified atom stereocenters. The Morgan fingerprint density at radius 1 is 1.12 bits per heavy atom. The van der Waals surface area contributed by atoms with E-state index in [0.717, 1.165) is 4.31 Å². The van der Waals surface area contributed by atoms with Gasteiger partial charge >= 0.3 is 0 Å². The van der Waals surface area contributed by atoms with Crippen LogP contribution < -0.4 is 14.5 Å². The summed E-state index contributed by atoms with van der Waals surface area (Å²) in [6, 6.07) is 19.9. The number of rotatable bonds is 8. The van der Waals surface area contributed by atoms with Gasteiger partial charge in [0, 0.05) is 9.50 Å². The van der Waals surface area contributed by atoms with Gasteiger partial charge in [0.05, 0.1) is 19.0 Å². The van der Waals surface area contributed by atoms with E-state index in [9.17, 15) is 13.2 Å². The predicted molar refractivity (Wildman–Crippen MR) is 129 cm³/mol. The number of hydrogen-bond donors (Lipinski definition) is 1. The second kappa shape index (κ2) is 10.6. The third-order valence-electron chi connectivity index (χ3n) is 4.28. The monoisotopic (exact) mass is 535 g/mol. The predicted octanol–water partition coefficient (Wildman–Crippen LogP) is 4.46. The van der Waals surface area contributed by atoms with E-state index in [2.05, 4.69) is 26.5 Å². The van der Waals surface area contributed by atoms with E-state index in [0.29, 0.717) is 20.7 Å². The molecule has 0 saturated heterocycles. The first-order valence-corrected chi connectivity index (χ1v) is 11.9. The minimum absolute atomic E-state index is 0.0755. The average Bonchev–Trinajstić information content (AvgIpc) is 2.78. The van der Waals surface area contributed by atoms with Gasteiger partial charge in [0.25, 0.3) is 15.9 Å². The molecule has 3 aromatic carbocycles. The van der Waals surface area contributed by atoms with Crippen molar-refractivity contribution in [2.75, 3.05) is 18.0 Å². The molecule has 0 spiro atoms. The number of halogens is 2. The van der Waals surface area contributed by atoms with Crippen molar-refractivity contribution in [1.82, 2.24) is 5.43 Å². The fourth-order valence-electron chi connectivity index (χ4n) is 2.81. The van der Waals surface area contributed by atoms with Gasteiger partial charge in [-0.2, -0.15) is 5.10 Å². The Hall–Kier alpha value is -2.88. The Labute approximate surface area is 199 Å². The summed E-state index contributed by atoms with van der Waals surface area (Å²) in [5, 5.41) is 4.43. The number of anilines is 1. The van der Waals surface area contributed by atoms with Crippen LogP contribution in [-0.2, 0) is 14.8 Å². The summed E-state index contributed by atoms with van der Waals surface area (Å²) >= 11 is 9.22. The van der Waals surface area contributed by atoms with Crippen molar-refractivity contribution < 1.29 is 17.9 Å². The van der Waals surface area contributed by atoms with Gasteiger partial charge < -0.3 is 4.74 Å². The van der Waals surface area contributed by atoms with Gasteiger partial charge in [0.15, 0.2) is 0 Å². The fourth-order valence-corrected chi connectivity index (χ4v) is 5.13. The molecular formula is C22H19BrClN3O4S. The van der Waals surface area contributed by atoms with Crippen molar-refractivity contribution in [2.45, 2.75) is 4.90 Å². The van der Waals surface area contributed by atoms with Gasteiger partial charge in [-0.15, -0.1) is 0 Å². The van der Waals surface area contributed by atoms with E-state index >= 15 is 0 Å². The highest BCUT2D eigenvalue weighted by Gasteiger charge is 2.30. The molecule has 0 saturated carbocycles. The summed E-state index contributed by atoms with van der Waals surface area (Å²) in [6.45, 7) is -0.491. The number of methoxy groups -OCH3 is 1. The molecule has 0 bridgehead atoms. The maximum absolute atomic E-state index is 13.5. The van der Waals surface area contributed by atoms with E-state index in [1.165, 1.54) is 25.5 Å². The van der Waals surface area contributed by atoms with Crippen LogP contribution in [0, 0.1) is 0 Å². The first kappa shape index (κ1) is 23.8. The molecule has 0 fully saturated rings. The molecule has 0 heterocycles. The normalized spacial score (nSPS) is 11.3. The van der Waals surface area contributed by atoms with Gasteiger partial charge in [-0.25, -0.2) is 13.8 Å². The molecule has 0 aliphatic carbocycles. The van der Waals surface area contributed by atoms with Gasteiger partial charge in [0.2, 0.25) is 0 Å². The van der Waals surface area contributed by atoms with Crippen LogP contribution in [0.1, 0.15) is 5.56 Å². The van der Waals surface area contributed by atoms with Crippen LogP contribution >= 0.6 is 27.5 Å². The Morgan fingerprint density at radius 2 is 1.88 bits per heavy atom. The maximum Gasteiger partial charge on any atom is 0.268 e. The molecule has 0 radical (unpaired) electrons. The highest BCUT2D eigenvalue weighted by Crippen LogP contribution is 2.32. The van der Waals surface area contributed by atoms with Crippen LogP contribution in [0.5, 0.6) is 5.75 Å². The van der Waals surface area contributed by atoms with Gasteiger partial charge in [-0.1, -0.05) is 57.9 Å². The molecule has 0 aromatic heterocycles. The van der Waals surface area contributed by atoms with Crippen LogP contribution in [0.15, 0.2) is 87.3 Å². The number of nitrogens with one attached hydrogen (secondary N) is 1. The first-order valence-electron chi connectivity index (χ1n) is 9.30. The molecule has 1 amide bonds. The first-order chi connectivity index (χ1) is 15.3. The highest BCUT2D eigenvalue weighted by atomic mass is 79.9. The largest absolute Gasteiger partial charge is 0.495 e. The number of ether oxygens (including phenoxy) is 1. The van der Waals surface area contributed by atoms with Crippen molar-refractivity contribution in [2.24, 2.45) is 5.10 Å². The zero-order valence-electron chi connectivity index (χ0n) is 16.9. The molecule has 3 rings (SSSR count). The Bertz CT molecular complexity index is 1240. The second-order valence-corrected chi connectivity index (χ2v) is 9.67. The van der Waals surface area contributed by atoms with E-state index in [1.54, 1.807) is 60.7 Å². The number of carbonyl (C=O) groups excluding carboxylic acids is 1. The molecule has 32 heavy (non-hydrogen) atoms. The van der Waals surface area contributed by atoms with Crippen LogP contribution in [-0.4, -0.2) is 34.2 Å². The van der Waals surface area contributed by atoms with E-state index < -0.39 is 22.5 Å². The second-order valence-electron chi connectivity index (χ2n) is 6.49. The number of sulfonamides is 1. The molecule has 7 nitrogen and oxygen atoms in total. The summed E-state index contributed by atoms with van der Waals surface area (Å²) in [7, 11) is -2.77. The van der Waals surface area contributed by atoms with Crippen LogP contribution in [0.25, 0.3) is 0 Å². The van der Waals surface area contributed by atoms with E-state index in [4.69, 9.17) is 16.3 Å². The number of carbonyl (C=O) groups is 1. The van der Waals surface area contributed by atoms with Gasteiger partial charge in [-0.3, -0.25) is 9.10 Å². The minimum atomic E-state index is -4.15. The van der Waals surface area contributed by atoms with Crippen molar-refractivity contribution >= 4 is 55.4 Å². The standard InChI is InChI=1S/C22H19BrClN3O4S/c1-31-20-11-10-17(23)13-21(20)32(29,30)27(19-8-3-2-4-9-19)15-22(28)26-25-14-16-6-5-7-18(24)12-16/h2-14H,15H2,1H3,(H,26,28)/b25-14-. The quantitative estimate of drug-likeness (QED) is 0.340. The number of hydrogen-bond acceptors (Lipinski definition) is 5. The topological polar surface area (TPSA) is 88.1 Å². The molecular weight excluding hydrogens is 518 g/mol. The van der Waals surface area contributed by atoms with Gasteiger partial charge in [-0.05, 0) is 48.0 Å². The molecule has 10 heteroatoms. The third-order valence-corrected chi connectivity index (χ3v) is 6.80. The third kappa shape index (κ3) is 5.87. The smallest absolute Gasteiger partial charge is 0.268 e. The Balaban J connectivity index is 1.89. The number of nitrogens with zero attached hydrogens (tertiary/aromatic N) is 2. The number of hydrazone groups is 1. The van der Waals surface area contributed by atoms with E-state index in [-0.39, 0.29) is 10.6 Å². The summed E-state index contributed by atoms with van der Waals surface area (Å²) in [4.78, 5) is 12.5. The Morgan fingerprint density at radius 3 is 2.56 bits per heavy atom. The number of benzene rings is 3. The SMILES string of the molecule is COc1ccc(Br)cc1S(=O)(=O)N(CC(=O)N/N=C\c1cccc(Cl)c1)c1ccccc1. The van der Waals surface area contributed by atoms with E-state index in [1.807, 2.05) is 0 Å². The lowest BCUT2D eigenvalue weighted by Gasteiger charge is -2.24. The van der Waals surface area contributed by atoms with Crippen molar-refractivity contribution in [3.63, 3.8) is 0 Å². The van der Waals surface area contributed by atoms with Crippen molar-refractivity contribution in [3.05, 3.63) is 87.9 Å². The molecule has 3 aromatic rings. The maximum atomic E-state index is 13.5. The molecule has 0 aliphatic rings. The number of amides is 1. The number of para-hydroxylation sites is 1. The summed E-state index contributed by atoms with van der Waals surface area (Å²) in [5.41, 5.74) is 3.36. The van der Waals surface area contributed by atoms with Crippen LogP contribution in [0.3, 0.4) is 0 Å². The van der Waals surface area contributed by atoms with Crippen LogP contribution in [0.2, 0.25) is 5.02 Å². The molecule has 0 aliphatic heterocycles. The fraction of sp³-hybridized carbons (Fsp3) is 0.0909. The molecule has 0 atom stereocenters. The van der Waals surface area contributed by atoms with Gasteiger partial charge in [0.1, 0.15) is 17.2 Å². The lowest BCUT2D eigenvalue weighted by molar-refractivity contribution is -0.119. The molecule has 166 valence electrons. The Kier molecular flexibility index (Phi) is 7.89. The summed E-state index contributed by atoms with van der Waals surface area (Å²) in [6.07, 6.45) is 1.42. The minimum Gasteiger partial charge on any atom is -0.495 e. The van der Waals surface area contributed by atoms with Crippen molar-refractivity contribution in [3.8, 4) is 5.75 Å². The highest BCUT2D eigenvalue weighted by molar-refractivity contribution is 9.10. The van der Waals surface area contributed by atoms with Crippen molar-refractivity contribution in [1.29, 1.82) is 0 Å². The zero-order chi connectivity index (χ0) is 23.1.